The third-order valence-electron chi connectivity index (χ3n) is 3.04. The maximum Gasteiger partial charge on any atom is 0.248 e. The minimum Gasteiger partial charge on any atom is -0.366 e. The van der Waals surface area contributed by atoms with Crippen molar-refractivity contribution in [1.82, 2.24) is 0 Å². The number of carbonyl (C=O) groups is 2. The molecule has 0 aliphatic carbocycles. The minimum absolute atomic E-state index is 0.231. The summed E-state index contributed by atoms with van der Waals surface area (Å²) in [5, 5.41) is 2.72. The molecule has 106 valence electrons. The van der Waals surface area contributed by atoms with E-state index >= 15 is 0 Å². The standard InChI is InChI=1S/C17H16N2O2/c1-12-4-2-3-5-13(12)8-11-16(20)19-15-9-6-14(7-10-15)17(18)21/h2-11H,1H3,(H2,18,21)(H,19,20). The van der Waals surface area contributed by atoms with E-state index in [1.807, 2.05) is 31.2 Å². The highest BCUT2D eigenvalue weighted by Gasteiger charge is 2.01. The van der Waals surface area contributed by atoms with Gasteiger partial charge in [-0.1, -0.05) is 24.3 Å². The van der Waals surface area contributed by atoms with Gasteiger partial charge in [-0.25, -0.2) is 0 Å². The molecule has 0 spiro atoms. The van der Waals surface area contributed by atoms with Crippen LogP contribution < -0.4 is 11.1 Å². The smallest absolute Gasteiger partial charge is 0.248 e. The summed E-state index contributed by atoms with van der Waals surface area (Å²) in [7, 11) is 0. The number of hydrogen-bond acceptors (Lipinski definition) is 2. The van der Waals surface area contributed by atoms with Crippen molar-refractivity contribution < 1.29 is 9.59 Å². The van der Waals surface area contributed by atoms with E-state index in [0.717, 1.165) is 11.1 Å². The van der Waals surface area contributed by atoms with Crippen LogP contribution >= 0.6 is 0 Å². The molecular formula is C17H16N2O2. The summed E-state index contributed by atoms with van der Waals surface area (Å²) in [5.41, 5.74) is 8.27. The van der Waals surface area contributed by atoms with E-state index in [9.17, 15) is 9.59 Å². The molecule has 0 fully saturated rings. The maximum absolute atomic E-state index is 11.8. The lowest BCUT2D eigenvalue weighted by Crippen LogP contribution is -2.11. The zero-order chi connectivity index (χ0) is 15.2. The predicted molar refractivity (Wildman–Crippen MR) is 83.8 cm³/mol. The average Bonchev–Trinajstić information content (AvgIpc) is 2.47. The Kier molecular flexibility index (Phi) is 4.51. The van der Waals surface area contributed by atoms with Crippen molar-refractivity contribution >= 4 is 23.6 Å². The van der Waals surface area contributed by atoms with Gasteiger partial charge in [-0.05, 0) is 48.4 Å². The Bertz CT molecular complexity index is 688. The van der Waals surface area contributed by atoms with Crippen LogP contribution in [0.15, 0.2) is 54.6 Å². The molecule has 0 aliphatic heterocycles. The summed E-state index contributed by atoms with van der Waals surface area (Å²) in [4.78, 5) is 22.8. The van der Waals surface area contributed by atoms with Crippen molar-refractivity contribution in [2.45, 2.75) is 6.92 Å². The summed E-state index contributed by atoms with van der Waals surface area (Å²) < 4.78 is 0. The molecule has 0 saturated carbocycles. The third kappa shape index (κ3) is 4.04. The molecular weight excluding hydrogens is 264 g/mol. The number of carbonyl (C=O) groups excluding carboxylic acids is 2. The summed E-state index contributed by atoms with van der Waals surface area (Å²) in [5.74, 6) is -0.725. The van der Waals surface area contributed by atoms with Gasteiger partial charge in [0, 0.05) is 17.3 Å². The maximum atomic E-state index is 11.8. The largest absolute Gasteiger partial charge is 0.366 e. The van der Waals surface area contributed by atoms with Gasteiger partial charge in [0.25, 0.3) is 0 Å². The van der Waals surface area contributed by atoms with Crippen LogP contribution in [0.3, 0.4) is 0 Å². The van der Waals surface area contributed by atoms with Crippen LogP contribution in [-0.2, 0) is 4.79 Å². The number of benzene rings is 2. The highest BCUT2D eigenvalue weighted by atomic mass is 16.1. The van der Waals surface area contributed by atoms with Gasteiger partial charge < -0.3 is 11.1 Å². The molecule has 0 aromatic heterocycles. The quantitative estimate of drug-likeness (QED) is 0.845. The summed E-state index contributed by atoms with van der Waals surface area (Å²) >= 11 is 0. The fourth-order valence-corrected chi connectivity index (χ4v) is 1.84. The number of hydrogen-bond donors (Lipinski definition) is 2. The molecule has 2 rings (SSSR count). The normalized spacial score (nSPS) is 10.5. The van der Waals surface area contributed by atoms with Crippen molar-refractivity contribution in [3.8, 4) is 0 Å². The summed E-state index contributed by atoms with van der Waals surface area (Å²) in [6, 6.07) is 14.2. The summed E-state index contributed by atoms with van der Waals surface area (Å²) in [6.45, 7) is 1.99. The Morgan fingerprint density at radius 1 is 1.05 bits per heavy atom. The minimum atomic E-state index is -0.493. The molecule has 2 amide bonds. The predicted octanol–water partition coefficient (Wildman–Crippen LogP) is 2.75. The molecule has 0 atom stereocenters. The molecule has 4 heteroatoms. The average molecular weight is 280 g/mol. The molecule has 0 heterocycles. The second-order valence-electron chi connectivity index (χ2n) is 4.62. The van der Waals surface area contributed by atoms with Crippen molar-refractivity contribution in [2.24, 2.45) is 5.73 Å². The molecule has 3 N–H and O–H groups in total. The second kappa shape index (κ2) is 6.52. The molecule has 0 aliphatic rings. The van der Waals surface area contributed by atoms with Crippen molar-refractivity contribution in [3.05, 3.63) is 71.3 Å². The lowest BCUT2D eigenvalue weighted by molar-refractivity contribution is -0.111. The van der Waals surface area contributed by atoms with Gasteiger partial charge in [0.2, 0.25) is 11.8 Å². The van der Waals surface area contributed by atoms with Gasteiger partial charge in [-0.15, -0.1) is 0 Å². The lowest BCUT2D eigenvalue weighted by Gasteiger charge is -2.03. The summed E-state index contributed by atoms with van der Waals surface area (Å²) in [6.07, 6.45) is 3.24. The van der Waals surface area contributed by atoms with Gasteiger partial charge in [0.1, 0.15) is 0 Å². The number of aryl methyl sites for hydroxylation is 1. The van der Waals surface area contributed by atoms with Crippen LogP contribution in [0, 0.1) is 6.92 Å². The number of nitrogens with one attached hydrogen (secondary N) is 1. The van der Waals surface area contributed by atoms with Gasteiger partial charge in [0.15, 0.2) is 0 Å². The third-order valence-corrected chi connectivity index (χ3v) is 3.04. The molecule has 0 saturated heterocycles. The highest BCUT2D eigenvalue weighted by Crippen LogP contribution is 2.11. The van der Waals surface area contributed by atoms with Crippen molar-refractivity contribution in [3.63, 3.8) is 0 Å². The monoisotopic (exact) mass is 280 g/mol. The number of nitrogens with two attached hydrogens (primary N) is 1. The Morgan fingerprint density at radius 3 is 2.33 bits per heavy atom. The Hall–Kier alpha value is -2.88. The molecule has 21 heavy (non-hydrogen) atoms. The van der Waals surface area contributed by atoms with Gasteiger partial charge >= 0.3 is 0 Å². The number of anilines is 1. The SMILES string of the molecule is Cc1ccccc1C=CC(=O)Nc1ccc(C(N)=O)cc1. The zero-order valence-corrected chi connectivity index (χ0v) is 11.7. The van der Waals surface area contributed by atoms with Gasteiger partial charge in [-0.2, -0.15) is 0 Å². The highest BCUT2D eigenvalue weighted by molar-refractivity contribution is 6.02. The second-order valence-corrected chi connectivity index (χ2v) is 4.62. The van der Waals surface area contributed by atoms with Crippen molar-refractivity contribution in [1.29, 1.82) is 0 Å². The molecule has 2 aromatic carbocycles. The van der Waals surface area contributed by atoms with E-state index in [2.05, 4.69) is 5.32 Å². The van der Waals surface area contributed by atoms with Crippen LogP contribution in [-0.4, -0.2) is 11.8 Å². The van der Waals surface area contributed by atoms with Crippen LogP contribution in [0.2, 0.25) is 0 Å². The number of amides is 2. The van der Waals surface area contributed by atoms with Crippen LogP contribution in [0.25, 0.3) is 6.08 Å². The Morgan fingerprint density at radius 2 is 1.71 bits per heavy atom. The number of rotatable bonds is 4. The van der Waals surface area contributed by atoms with E-state index in [1.165, 1.54) is 6.08 Å². The van der Waals surface area contributed by atoms with E-state index in [0.29, 0.717) is 11.3 Å². The first-order valence-electron chi connectivity index (χ1n) is 6.51. The van der Waals surface area contributed by atoms with E-state index in [1.54, 1.807) is 30.3 Å². The zero-order valence-electron chi connectivity index (χ0n) is 11.7. The first kappa shape index (κ1) is 14.5. The van der Waals surface area contributed by atoms with Crippen LogP contribution in [0.1, 0.15) is 21.5 Å². The van der Waals surface area contributed by atoms with Crippen LogP contribution in [0.5, 0.6) is 0 Å². The fraction of sp³-hybridized carbons (Fsp3) is 0.0588. The topological polar surface area (TPSA) is 72.2 Å². The van der Waals surface area contributed by atoms with Gasteiger partial charge in [-0.3, -0.25) is 9.59 Å². The van der Waals surface area contributed by atoms with E-state index in [4.69, 9.17) is 5.73 Å². The van der Waals surface area contributed by atoms with E-state index < -0.39 is 5.91 Å². The fourth-order valence-electron chi connectivity index (χ4n) is 1.84. The molecule has 0 radical (unpaired) electrons. The van der Waals surface area contributed by atoms with E-state index in [-0.39, 0.29) is 5.91 Å². The first-order chi connectivity index (χ1) is 10.1. The van der Waals surface area contributed by atoms with Gasteiger partial charge in [0.05, 0.1) is 0 Å². The number of primary amides is 1. The molecule has 2 aromatic rings. The molecule has 0 unspecified atom stereocenters. The van der Waals surface area contributed by atoms with Crippen molar-refractivity contribution in [2.75, 3.05) is 5.32 Å². The molecule has 4 nitrogen and oxygen atoms in total. The lowest BCUT2D eigenvalue weighted by atomic mass is 10.1. The molecule has 0 bridgehead atoms. The Balaban J connectivity index is 2.02. The Labute approximate surface area is 123 Å². The van der Waals surface area contributed by atoms with Crippen LogP contribution in [0.4, 0.5) is 5.69 Å². The first-order valence-corrected chi connectivity index (χ1v) is 6.51.